The van der Waals surface area contributed by atoms with E-state index in [9.17, 15) is 0 Å². The molecule has 0 aromatic rings. The fourth-order valence-corrected chi connectivity index (χ4v) is 5.64. The summed E-state index contributed by atoms with van der Waals surface area (Å²) >= 11 is 55.1. The van der Waals surface area contributed by atoms with E-state index >= 15 is 0 Å². The number of alkyl halides is 10. The molecule has 0 saturated heterocycles. The summed E-state index contributed by atoms with van der Waals surface area (Å²) in [5.41, 5.74) is 0. The smallest absolute Gasteiger partial charge is 0.499 e. The van der Waals surface area contributed by atoms with Crippen molar-refractivity contribution in [3.05, 3.63) is 0 Å². The molecule has 0 aromatic heterocycles. The standard InChI is InChI=1S/2C3H2Cl5O.C3H9OSi.Al/c2*4-2(5,1-9)3(6,7)8;1-5(2,3)4;/h2*1H2;1-3H3;/q3*-1;+3. The largest absolute Gasteiger partial charge is 0.894 e. The highest BCUT2D eigenvalue weighted by molar-refractivity contribution is 6.77. The highest BCUT2D eigenvalue weighted by Crippen LogP contribution is 2.47. The number of hydrogen-bond acceptors (Lipinski definition) is 3. The lowest BCUT2D eigenvalue weighted by atomic mass is 10.5. The molecule has 3 nitrogen and oxygen atoms in total. The molecule has 0 aliphatic rings. The second kappa shape index (κ2) is 10.0. The lowest BCUT2D eigenvalue weighted by Crippen LogP contribution is -2.46. The second-order valence-electron chi connectivity index (χ2n) is 5.55. The molecule has 0 aliphatic heterocycles. The molecule has 15 heteroatoms. The van der Waals surface area contributed by atoms with Gasteiger partial charge < -0.3 is 11.1 Å². The zero-order chi connectivity index (χ0) is 19.6. The molecule has 0 aliphatic carbocycles. The summed E-state index contributed by atoms with van der Waals surface area (Å²) in [7, 11) is -2.06. The van der Waals surface area contributed by atoms with Crippen molar-refractivity contribution in [1.82, 2.24) is 0 Å². The Bertz CT molecular complexity index is 376. The van der Waals surface area contributed by atoms with Crippen LogP contribution in [-0.4, -0.2) is 52.9 Å². The monoisotopic (exact) mass is 574 g/mol. The summed E-state index contributed by atoms with van der Waals surface area (Å²) < 4.78 is 9.12. The number of hydrogen-bond donors (Lipinski definition) is 0. The molecule has 0 atom stereocenters. The van der Waals surface area contributed by atoms with Crippen LogP contribution < -0.4 is 0 Å². The van der Waals surface area contributed by atoms with Crippen molar-refractivity contribution in [1.29, 1.82) is 0 Å². The topological polar surface area (TPSA) is 27.7 Å². The van der Waals surface area contributed by atoms with Crippen molar-refractivity contribution in [2.75, 3.05) is 13.2 Å². The van der Waals surface area contributed by atoms with Crippen molar-refractivity contribution in [3.8, 4) is 0 Å². The van der Waals surface area contributed by atoms with E-state index in [0.717, 1.165) is 0 Å². The lowest BCUT2D eigenvalue weighted by Gasteiger charge is -2.31. The third kappa shape index (κ3) is 10.3. The van der Waals surface area contributed by atoms with Crippen LogP contribution >= 0.6 is 116 Å². The average molecular weight is 579 g/mol. The van der Waals surface area contributed by atoms with Gasteiger partial charge in [-0.15, -0.1) is 0 Å². The van der Waals surface area contributed by atoms with Crippen LogP contribution in [0, 0.1) is 0 Å². The highest BCUT2D eigenvalue weighted by atomic mass is 35.6. The van der Waals surface area contributed by atoms with Gasteiger partial charge in [-0.2, -0.15) is 0 Å². The molecule has 24 heavy (non-hydrogen) atoms. The normalized spacial score (nSPS) is 14.9. The van der Waals surface area contributed by atoms with Crippen LogP contribution in [-0.2, 0) is 11.1 Å². The van der Waals surface area contributed by atoms with Gasteiger partial charge in [-0.25, -0.2) is 0 Å². The Morgan fingerprint density at radius 1 is 0.667 bits per heavy atom. The number of halogens is 10. The summed E-state index contributed by atoms with van der Waals surface area (Å²) in [4.78, 5) is 0. The van der Waals surface area contributed by atoms with E-state index in [1.807, 2.05) is 19.6 Å². The summed E-state index contributed by atoms with van der Waals surface area (Å²) in [5, 5.41) is 0. The SMILES string of the molecule is C[Si](C)(C)[O][Al]([O]CC(Cl)(Cl)C(Cl)(Cl)Cl)[O]CC(Cl)(Cl)C(Cl)(Cl)Cl. The average Bonchev–Trinajstić information content (AvgIpc) is 2.28. The Labute approximate surface area is 197 Å². The molecule has 0 bridgehead atoms. The van der Waals surface area contributed by atoms with Gasteiger partial charge in [0.2, 0.25) is 7.59 Å². The second-order valence-corrected chi connectivity index (χ2v) is 19.5. The molecule has 0 fully saturated rings. The van der Waals surface area contributed by atoms with Crippen molar-refractivity contribution < 1.29 is 11.1 Å². The van der Waals surface area contributed by atoms with Crippen LogP contribution in [0.5, 0.6) is 0 Å². The molecule has 0 aromatic carbocycles. The first-order chi connectivity index (χ1) is 10.3. The van der Waals surface area contributed by atoms with Gasteiger partial charge in [0.05, 0.1) is 13.2 Å². The third-order valence-corrected chi connectivity index (χ3v) is 11.2. The van der Waals surface area contributed by atoms with Gasteiger partial charge in [-0.1, -0.05) is 116 Å². The molecular weight excluding hydrogens is 566 g/mol. The Morgan fingerprint density at radius 3 is 1.17 bits per heavy atom. The molecule has 0 amide bonds. The predicted octanol–water partition coefficient (Wildman–Crippen LogP) is 6.94. The van der Waals surface area contributed by atoms with E-state index in [0.29, 0.717) is 0 Å². The minimum absolute atomic E-state index is 0.376. The van der Waals surface area contributed by atoms with E-state index in [4.69, 9.17) is 127 Å². The Kier molecular flexibility index (Phi) is 11.5. The van der Waals surface area contributed by atoms with Gasteiger partial charge in [0.15, 0.2) is 17.0 Å². The molecular formula is C9H13AlCl10O3Si. The molecule has 0 rings (SSSR count). The highest BCUT2D eigenvalue weighted by Gasteiger charge is 2.51. The molecule has 0 spiro atoms. The van der Waals surface area contributed by atoms with Crippen LogP contribution in [0.4, 0.5) is 0 Å². The Morgan fingerprint density at radius 2 is 0.958 bits per heavy atom. The van der Waals surface area contributed by atoms with Crippen molar-refractivity contribution in [2.24, 2.45) is 0 Å². The first-order valence-corrected chi connectivity index (χ1v) is 14.7. The zero-order valence-electron chi connectivity index (χ0n) is 12.5. The third-order valence-electron chi connectivity index (χ3n) is 2.08. The van der Waals surface area contributed by atoms with Crippen molar-refractivity contribution in [3.63, 3.8) is 0 Å². The maximum Gasteiger partial charge on any atom is 0.894 e. The molecule has 0 radical (unpaired) electrons. The molecule has 0 N–H and O–H groups in total. The maximum atomic E-state index is 5.94. The first-order valence-electron chi connectivity index (χ1n) is 6.09. The lowest BCUT2D eigenvalue weighted by molar-refractivity contribution is 0.131. The van der Waals surface area contributed by atoms with Gasteiger partial charge in [0.1, 0.15) is 0 Å². The van der Waals surface area contributed by atoms with E-state index in [-0.39, 0.29) is 13.2 Å². The van der Waals surface area contributed by atoms with E-state index in [1.54, 1.807) is 0 Å². The Balaban J connectivity index is 4.96. The molecule has 0 unspecified atom stereocenters. The van der Waals surface area contributed by atoms with Gasteiger partial charge in [-0.05, 0) is 19.6 Å². The van der Waals surface area contributed by atoms with Crippen molar-refractivity contribution >= 4 is 139 Å². The van der Waals surface area contributed by atoms with Crippen LogP contribution in [0.25, 0.3) is 0 Å². The van der Waals surface area contributed by atoms with Crippen molar-refractivity contribution in [2.45, 2.75) is 35.9 Å². The molecule has 0 heterocycles. The van der Waals surface area contributed by atoms with Gasteiger partial charge in [0, 0.05) is 0 Å². The number of rotatable bonds is 8. The molecule has 144 valence electrons. The van der Waals surface area contributed by atoms with Crippen LogP contribution in [0.1, 0.15) is 0 Å². The summed E-state index contributed by atoms with van der Waals surface area (Å²) in [6.45, 7) is 4.98. The maximum absolute atomic E-state index is 5.94. The quantitative estimate of drug-likeness (QED) is 0.231. The first kappa shape index (κ1) is 27.5. The van der Waals surface area contributed by atoms with E-state index < -0.39 is 39.7 Å². The van der Waals surface area contributed by atoms with Crippen LogP contribution in [0.15, 0.2) is 0 Å². The fourth-order valence-electron chi connectivity index (χ4n) is 0.914. The van der Waals surface area contributed by atoms with Crippen LogP contribution in [0.3, 0.4) is 0 Å². The van der Waals surface area contributed by atoms with E-state index in [2.05, 4.69) is 0 Å². The summed E-state index contributed by atoms with van der Waals surface area (Å²) in [6.07, 6.45) is 0. The van der Waals surface area contributed by atoms with Gasteiger partial charge in [0.25, 0.3) is 0 Å². The molecule has 0 saturated carbocycles. The van der Waals surface area contributed by atoms with Crippen LogP contribution in [0.2, 0.25) is 19.6 Å². The Hall–Kier alpha value is 3.53. The summed E-state index contributed by atoms with van der Waals surface area (Å²) in [6, 6.07) is 0. The minimum Gasteiger partial charge on any atom is -0.499 e. The summed E-state index contributed by atoms with van der Waals surface area (Å²) in [5.74, 6) is 0. The minimum atomic E-state index is -2.83. The van der Waals surface area contributed by atoms with Gasteiger partial charge >= 0.3 is 15.1 Å². The van der Waals surface area contributed by atoms with E-state index in [1.165, 1.54) is 0 Å². The van der Waals surface area contributed by atoms with Gasteiger partial charge in [-0.3, -0.25) is 0 Å². The zero-order valence-corrected chi connectivity index (χ0v) is 22.2. The fraction of sp³-hybridized carbons (Fsp3) is 1.00. The predicted molar refractivity (Wildman–Crippen MR) is 112 cm³/mol.